The molecule has 1 unspecified atom stereocenters. The quantitative estimate of drug-likeness (QED) is 0.733. The number of hydrogen-bond acceptors (Lipinski definition) is 5. The molecule has 0 saturated carbocycles. The minimum Gasteiger partial charge on any atom is -0.487 e. The fourth-order valence-electron chi connectivity index (χ4n) is 4.34. The van der Waals surface area contributed by atoms with Crippen molar-refractivity contribution >= 4 is 23.5 Å². The molecule has 2 heterocycles. The van der Waals surface area contributed by atoms with Gasteiger partial charge in [-0.15, -0.1) is 0 Å². The number of rotatable bonds is 5. The monoisotopic (exact) mass is 427 g/mol. The minimum absolute atomic E-state index is 0.114. The van der Waals surface area contributed by atoms with E-state index < -0.39 is 11.1 Å². The Morgan fingerprint density at radius 2 is 2.00 bits per heavy atom. The molecule has 1 spiro atoms. The lowest BCUT2D eigenvalue weighted by molar-refractivity contribution is -0.134. The lowest BCUT2D eigenvalue weighted by Crippen LogP contribution is -2.50. The smallest absolute Gasteiger partial charge is 0.262 e. The maximum Gasteiger partial charge on any atom is 0.262 e. The summed E-state index contributed by atoms with van der Waals surface area (Å²) < 4.78 is 11.3. The molecule has 1 atom stereocenters. The Hall–Kier alpha value is -2.57. The van der Waals surface area contributed by atoms with Crippen LogP contribution < -0.4 is 10.5 Å². The van der Waals surface area contributed by atoms with Gasteiger partial charge in [0, 0.05) is 37.3 Å². The summed E-state index contributed by atoms with van der Waals surface area (Å²) in [6.07, 6.45) is 1.09. The lowest BCUT2D eigenvalue weighted by atomic mass is 9.77. The Kier molecular flexibility index (Phi) is 5.24. The molecule has 7 heteroatoms. The van der Waals surface area contributed by atoms with Gasteiger partial charge in [-0.3, -0.25) is 9.69 Å². The Morgan fingerprint density at radius 1 is 1.23 bits per heavy atom. The number of nitrogens with two attached hydrogens (primary N) is 1. The first kappa shape index (κ1) is 20.7. The Bertz CT molecular complexity index is 1020. The largest absolute Gasteiger partial charge is 0.487 e. The highest BCUT2D eigenvalue weighted by Crippen LogP contribution is 2.50. The van der Waals surface area contributed by atoms with Crippen molar-refractivity contribution in [2.24, 2.45) is 10.7 Å². The molecule has 0 bridgehead atoms. The first-order chi connectivity index (χ1) is 14.3. The van der Waals surface area contributed by atoms with Gasteiger partial charge in [-0.1, -0.05) is 29.8 Å². The van der Waals surface area contributed by atoms with E-state index in [1.54, 1.807) is 12.0 Å². The zero-order valence-corrected chi connectivity index (χ0v) is 18.2. The SMILES string of the molecule is COCCCN1C(=O)C2(CC(C)(C)Oc3ccc(-c4cccc(Cl)c4)cc32)N=C1N. The van der Waals surface area contributed by atoms with E-state index in [0.29, 0.717) is 36.8 Å². The lowest BCUT2D eigenvalue weighted by Gasteiger charge is -2.41. The summed E-state index contributed by atoms with van der Waals surface area (Å²) in [5, 5.41) is 0.654. The molecule has 4 rings (SSSR count). The molecule has 2 N–H and O–H groups in total. The summed E-state index contributed by atoms with van der Waals surface area (Å²) in [6, 6.07) is 13.5. The number of fused-ring (bicyclic) bond motifs is 2. The van der Waals surface area contributed by atoms with Gasteiger partial charge in [0.1, 0.15) is 11.4 Å². The molecule has 0 saturated heterocycles. The van der Waals surface area contributed by atoms with Gasteiger partial charge in [0.25, 0.3) is 5.91 Å². The summed E-state index contributed by atoms with van der Waals surface area (Å²) in [7, 11) is 1.64. The third-order valence-corrected chi connectivity index (χ3v) is 5.80. The number of halogens is 1. The van der Waals surface area contributed by atoms with Crippen molar-refractivity contribution in [3.05, 3.63) is 53.1 Å². The highest BCUT2D eigenvalue weighted by Gasteiger charge is 2.56. The third-order valence-electron chi connectivity index (χ3n) is 5.56. The number of nitrogens with zero attached hydrogens (tertiary/aromatic N) is 2. The van der Waals surface area contributed by atoms with Crippen LogP contribution in [0.4, 0.5) is 0 Å². The Balaban J connectivity index is 1.80. The topological polar surface area (TPSA) is 77.1 Å². The zero-order chi connectivity index (χ0) is 21.5. The van der Waals surface area contributed by atoms with E-state index in [4.69, 9.17) is 31.8 Å². The zero-order valence-electron chi connectivity index (χ0n) is 17.4. The molecule has 158 valence electrons. The number of methoxy groups -OCH3 is 1. The van der Waals surface area contributed by atoms with E-state index in [-0.39, 0.29) is 11.9 Å². The van der Waals surface area contributed by atoms with Crippen molar-refractivity contribution < 1.29 is 14.3 Å². The molecular weight excluding hydrogens is 402 g/mol. The Labute approximate surface area is 181 Å². The van der Waals surface area contributed by atoms with Gasteiger partial charge in [-0.2, -0.15) is 0 Å². The summed E-state index contributed by atoms with van der Waals surface area (Å²) in [5.41, 5.74) is 7.21. The van der Waals surface area contributed by atoms with Crippen LogP contribution in [0.25, 0.3) is 11.1 Å². The molecule has 0 aliphatic carbocycles. The van der Waals surface area contributed by atoms with Crippen LogP contribution in [-0.2, 0) is 15.1 Å². The van der Waals surface area contributed by atoms with Crippen molar-refractivity contribution in [2.75, 3.05) is 20.3 Å². The molecule has 2 aromatic carbocycles. The molecular formula is C23H26ClN3O3. The van der Waals surface area contributed by atoms with Crippen molar-refractivity contribution in [2.45, 2.75) is 37.8 Å². The number of carbonyl (C=O) groups excluding carboxylic acids is 1. The number of aliphatic imine (C=N–C) groups is 1. The second-order valence-corrected chi connectivity index (χ2v) is 8.83. The van der Waals surface area contributed by atoms with Crippen LogP contribution in [0.3, 0.4) is 0 Å². The molecule has 2 aromatic rings. The fourth-order valence-corrected chi connectivity index (χ4v) is 4.53. The highest BCUT2D eigenvalue weighted by atomic mass is 35.5. The number of carbonyl (C=O) groups is 1. The van der Waals surface area contributed by atoms with Crippen LogP contribution in [0.5, 0.6) is 5.75 Å². The maximum absolute atomic E-state index is 13.7. The van der Waals surface area contributed by atoms with Crippen LogP contribution >= 0.6 is 11.6 Å². The first-order valence-corrected chi connectivity index (χ1v) is 10.4. The van der Waals surface area contributed by atoms with E-state index in [1.165, 1.54) is 0 Å². The molecule has 0 aromatic heterocycles. The van der Waals surface area contributed by atoms with E-state index in [1.807, 2.05) is 56.3 Å². The van der Waals surface area contributed by atoms with Crippen LogP contribution in [0.2, 0.25) is 5.02 Å². The normalized spacial score (nSPS) is 22.1. The van der Waals surface area contributed by atoms with Crippen molar-refractivity contribution in [1.29, 1.82) is 0 Å². The fraction of sp³-hybridized carbons (Fsp3) is 0.391. The Morgan fingerprint density at radius 3 is 2.73 bits per heavy atom. The molecule has 1 amide bonds. The summed E-state index contributed by atoms with van der Waals surface area (Å²) in [6.45, 7) is 4.95. The van der Waals surface area contributed by atoms with Gasteiger partial charge in [-0.05, 0) is 55.7 Å². The highest BCUT2D eigenvalue weighted by molar-refractivity contribution is 6.30. The minimum atomic E-state index is -1.09. The summed E-state index contributed by atoms with van der Waals surface area (Å²) >= 11 is 6.18. The molecule has 2 aliphatic rings. The molecule has 0 radical (unpaired) electrons. The van der Waals surface area contributed by atoms with E-state index in [0.717, 1.165) is 16.7 Å². The third kappa shape index (κ3) is 3.55. The van der Waals surface area contributed by atoms with Crippen LogP contribution in [0.1, 0.15) is 32.3 Å². The van der Waals surface area contributed by atoms with Crippen LogP contribution in [0, 0.1) is 0 Å². The van der Waals surface area contributed by atoms with Crippen molar-refractivity contribution in [1.82, 2.24) is 4.90 Å². The van der Waals surface area contributed by atoms with Crippen molar-refractivity contribution in [3.63, 3.8) is 0 Å². The van der Waals surface area contributed by atoms with Gasteiger partial charge in [0.15, 0.2) is 11.5 Å². The van der Waals surface area contributed by atoms with E-state index in [9.17, 15) is 4.79 Å². The van der Waals surface area contributed by atoms with Crippen LogP contribution in [-0.4, -0.2) is 42.6 Å². The molecule has 6 nitrogen and oxygen atoms in total. The van der Waals surface area contributed by atoms with Crippen molar-refractivity contribution in [3.8, 4) is 16.9 Å². The van der Waals surface area contributed by atoms with Crippen LogP contribution in [0.15, 0.2) is 47.5 Å². The van der Waals surface area contributed by atoms with Gasteiger partial charge in [0.2, 0.25) is 0 Å². The maximum atomic E-state index is 13.7. The molecule has 30 heavy (non-hydrogen) atoms. The predicted octanol–water partition coefficient (Wildman–Crippen LogP) is 3.96. The summed E-state index contributed by atoms with van der Waals surface area (Å²) in [4.78, 5) is 20.0. The number of hydrogen-bond donors (Lipinski definition) is 1. The van der Waals surface area contributed by atoms with E-state index in [2.05, 4.69) is 0 Å². The second-order valence-electron chi connectivity index (χ2n) is 8.39. The second kappa shape index (κ2) is 7.60. The van der Waals surface area contributed by atoms with Gasteiger partial charge < -0.3 is 15.2 Å². The average Bonchev–Trinajstić information content (AvgIpc) is 2.91. The van der Waals surface area contributed by atoms with E-state index >= 15 is 0 Å². The van der Waals surface area contributed by atoms with Gasteiger partial charge in [0.05, 0.1) is 0 Å². The molecule has 2 aliphatic heterocycles. The number of guanidine groups is 1. The molecule has 0 fully saturated rings. The standard InChI is InChI=1S/C23H26ClN3O3/c1-22(2)14-23(20(28)27(21(25)26-23)10-5-11-29-3)18-13-16(8-9-19(18)30-22)15-6-4-7-17(24)12-15/h4,6-9,12-13H,5,10-11,14H2,1-3H3,(H2,25,26). The van der Waals surface area contributed by atoms with Gasteiger partial charge >= 0.3 is 0 Å². The number of benzene rings is 2. The first-order valence-electron chi connectivity index (χ1n) is 10.0. The average molecular weight is 428 g/mol. The predicted molar refractivity (Wildman–Crippen MR) is 118 cm³/mol. The van der Waals surface area contributed by atoms with Gasteiger partial charge in [-0.25, -0.2) is 4.99 Å². The summed E-state index contributed by atoms with van der Waals surface area (Å²) in [5.74, 6) is 0.783. The number of amides is 1. The number of ether oxygens (including phenoxy) is 2.